The summed E-state index contributed by atoms with van der Waals surface area (Å²) in [5, 5.41) is 0. The van der Waals surface area contributed by atoms with E-state index in [2.05, 4.69) is 4.72 Å². The molecule has 0 aromatic heterocycles. The quantitative estimate of drug-likeness (QED) is 0.586. The number of ether oxygens (including phenoxy) is 1. The largest absolute Gasteiger partial charge is 0.399 e. The van der Waals surface area contributed by atoms with Crippen LogP contribution in [0.2, 0.25) is 0 Å². The first-order valence-corrected chi connectivity index (χ1v) is 9.22. The molecule has 0 saturated carbocycles. The Kier molecular flexibility index (Phi) is 5.71. The molecular formula is C13H20N2O3S2. The van der Waals surface area contributed by atoms with E-state index in [4.69, 9.17) is 10.5 Å². The second-order valence-electron chi connectivity index (χ2n) is 4.81. The van der Waals surface area contributed by atoms with E-state index in [1.807, 2.05) is 24.3 Å². The van der Waals surface area contributed by atoms with Crippen LogP contribution in [0.1, 0.15) is 6.42 Å². The fourth-order valence-electron chi connectivity index (χ4n) is 1.89. The van der Waals surface area contributed by atoms with Gasteiger partial charge in [-0.25, -0.2) is 13.1 Å². The van der Waals surface area contributed by atoms with Crippen molar-refractivity contribution in [1.29, 1.82) is 0 Å². The van der Waals surface area contributed by atoms with E-state index in [1.54, 1.807) is 0 Å². The summed E-state index contributed by atoms with van der Waals surface area (Å²) in [5.74, 6) is 0.963. The molecule has 1 heterocycles. The third-order valence-corrected chi connectivity index (χ3v) is 5.74. The van der Waals surface area contributed by atoms with Gasteiger partial charge in [0.2, 0.25) is 10.0 Å². The van der Waals surface area contributed by atoms with Gasteiger partial charge in [-0.1, -0.05) is 0 Å². The van der Waals surface area contributed by atoms with Gasteiger partial charge in [0, 0.05) is 29.5 Å². The lowest BCUT2D eigenvalue weighted by Crippen LogP contribution is -2.32. The molecule has 112 valence electrons. The Balaban J connectivity index is 1.70. The maximum atomic E-state index is 11.8. The molecule has 0 radical (unpaired) electrons. The van der Waals surface area contributed by atoms with E-state index in [-0.39, 0.29) is 5.75 Å². The van der Waals surface area contributed by atoms with Crippen molar-refractivity contribution in [2.75, 3.05) is 37.0 Å². The van der Waals surface area contributed by atoms with Gasteiger partial charge in [0.1, 0.15) is 0 Å². The summed E-state index contributed by atoms with van der Waals surface area (Å²) in [7, 11) is -3.20. The second-order valence-corrected chi connectivity index (χ2v) is 7.91. The number of thioether (sulfide) groups is 1. The minimum absolute atomic E-state index is 0.121. The predicted molar refractivity (Wildman–Crippen MR) is 82.3 cm³/mol. The molecule has 3 N–H and O–H groups in total. The molecule has 7 heteroatoms. The van der Waals surface area contributed by atoms with Gasteiger partial charge in [0.25, 0.3) is 0 Å². The number of anilines is 1. The van der Waals surface area contributed by atoms with Crippen molar-refractivity contribution in [1.82, 2.24) is 4.72 Å². The molecule has 5 nitrogen and oxygen atoms in total. The highest BCUT2D eigenvalue weighted by molar-refractivity contribution is 8.00. The summed E-state index contributed by atoms with van der Waals surface area (Å²) >= 11 is 1.51. The van der Waals surface area contributed by atoms with Crippen molar-refractivity contribution in [3.05, 3.63) is 24.3 Å². The lowest BCUT2D eigenvalue weighted by atomic mass is 10.1. The van der Waals surface area contributed by atoms with E-state index in [0.29, 0.717) is 30.5 Å². The van der Waals surface area contributed by atoms with E-state index >= 15 is 0 Å². The molecule has 1 aromatic rings. The number of hydrogen-bond acceptors (Lipinski definition) is 5. The number of nitrogens with one attached hydrogen (secondary N) is 1. The maximum Gasteiger partial charge on any atom is 0.212 e. The monoisotopic (exact) mass is 316 g/mol. The van der Waals surface area contributed by atoms with Gasteiger partial charge in [-0.15, -0.1) is 11.8 Å². The molecule has 1 fully saturated rings. The van der Waals surface area contributed by atoms with Gasteiger partial charge in [0.05, 0.1) is 12.4 Å². The maximum absolute atomic E-state index is 11.8. The minimum Gasteiger partial charge on any atom is -0.399 e. The number of nitrogens with two attached hydrogens (primary N) is 1. The number of benzene rings is 1. The van der Waals surface area contributed by atoms with Crippen LogP contribution in [-0.4, -0.2) is 39.7 Å². The van der Waals surface area contributed by atoms with E-state index in [9.17, 15) is 8.42 Å². The molecule has 0 amide bonds. The van der Waals surface area contributed by atoms with Crippen molar-refractivity contribution < 1.29 is 13.2 Å². The zero-order valence-corrected chi connectivity index (χ0v) is 12.9. The Morgan fingerprint density at radius 3 is 2.75 bits per heavy atom. The Morgan fingerprint density at radius 1 is 1.35 bits per heavy atom. The van der Waals surface area contributed by atoms with Crippen molar-refractivity contribution in [3.8, 4) is 0 Å². The molecule has 0 bridgehead atoms. The van der Waals surface area contributed by atoms with Crippen LogP contribution in [0.3, 0.4) is 0 Å². The van der Waals surface area contributed by atoms with Gasteiger partial charge >= 0.3 is 0 Å². The van der Waals surface area contributed by atoms with Crippen LogP contribution >= 0.6 is 11.8 Å². The van der Waals surface area contributed by atoms with Crippen LogP contribution < -0.4 is 10.5 Å². The fraction of sp³-hybridized carbons (Fsp3) is 0.538. The normalized spacial score (nSPS) is 19.3. The summed E-state index contributed by atoms with van der Waals surface area (Å²) in [6, 6.07) is 7.43. The summed E-state index contributed by atoms with van der Waals surface area (Å²) in [4.78, 5) is 1.03. The van der Waals surface area contributed by atoms with Crippen LogP contribution in [0, 0.1) is 5.92 Å². The average Bonchev–Trinajstić information content (AvgIpc) is 2.92. The smallest absolute Gasteiger partial charge is 0.212 e. The summed E-state index contributed by atoms with van der Waals surface area (Å²) in [6.45, 7) is 1.87. The van der Waals surface area contributed by atoms with Gasteiger partial charge in [0.15, 0.2) is 0 Å². The Labute approximate surface area is 124 Å². The predicted octanol–water partition coefficient (Wildman–Crippen LogP) is 1.32. The summed E-state index contributed by atoms with van der Waals surface area (Å²) in [5.41, 5.74) is 6.31. The first kappa shape index (κ1) is 15.6. The van der Waals surface area contributed by atoms with Crippen LogP contribution in [0.5, 0.6) is 0 Å². The second kappa shape index (κ2) is 7.31. The number of sulfonamides is 1. The highest BCUT2D eigenvalue weighted by Crippen LogP contribution is 2.19. The number of nitrogen functional groups attached to an aromatic ring is 1. The van der Waals surface area contributed by atoms with Crippen LogP contribution in [0.15, 0.2) is 29.2 Å². The van der Waals surface area contributed by atoms with E-state index in [1.165, 1.54) is 11.8 Å². The summed E-state index contributed by atoms with van der Waals surface area (Å²) in [6.07, 6.45) is 0.933. The zero-order chi connectivity index (χ0) is 14.4. The van der Waals surface area contributed by atoms with E-state index < -0.39 is 10.0 Å². The molecule has 1 aliphatic heterocycles. The molecule has 0 aliphatic carbocycles. The van der Waals surface area contributed by atoms with Crippen molar-refractivity contribution in [2.24, 2.45) is 5.92 Å². The number of hydrogen-bond donors (Lipinski definition) is 2. The topological polar surface area (TPSA) is 81.4 Å². The van der Waals surface area contributed by atoms with Gasteiger partial charge in [-0.3, -0.25) is 0 Å². The Hall–Kier alpha value is -0.760. The molecular weight excluding hydrogens is 296 g/mol. The highest BCUT2D eigenvalue weighted by atomic mass is 32.2. The first-order valence-electron chi connectivity index (χ1n) is 6.58. The van der Waals surface area contributed by atoms with E-state index in [0.717, 1.165) is 17.9 Å². The molecule has 1 aromatic carbocycles. The van der Waals surface area contributed by atoms with Gasteiger partial charge in [-0.05, 0) is 36.6 Å². The van der Waals surface area contributed by atoms with Crippen molar-refractivity contribution in [3.63, 3.8) is 0 Å². The molecule has 0 spiro atoms. The number of rotatable bonds is 7. The highest BCUT2D eigenvalue weighted by Gasteiger charge is 2.18. The molecule has 1 saturated heterocycles. The summed E-state index contributed by atoms with van der Waals surface area (Å²) < 4.78 is 31.6. The fourth-order valence-corrected chi connectivity index (χ4v) is 4.30. The van der Waals surface area contributed by atoms with Gasteiger partial charge in [-0.2, -0.15) is 0 Å². The standard InChI is InChI=1S/C13H20N2O3S2/c14-12-1-3-13(4-2-12)19-7-8-20(16,17)15-9-11-5-6-18-10-11/h1-4,11,15H,5-10,14H2. The SMILES string of the molecule is Nc1ccc(SCCS(=O)(=O)NCC2CCOC2)cc1. The van der Waals surface area contributed by atoms with Crippen molar-refractivity contribution >= 4 is 27.5 Å². The lowest BCUT2D eigenvalue weighted by Gasteiger charge is -2.10. The van der Waals surface area contributed by atoms with Crippen LogP contribution in [0.4, 0.5) is 5.69 Å². The first-order chi connectivity index (χ1) is 9.55. The van der Waals surface area contributed by atoms with Crippen molar-refractivity contribution in [2.45, 2.75) is 11.3 Å². The molecule has 1 aliphatic rings. The lowest BCUT2D eigenvalue weighted by molar-refractivity contribution is 0.186. The minimum atomic E-state index is -3.20. The molecule has 2 rings (SSSR count). The zero-order valence-electron chi connectivity index (χ0n) is 11.2. The van der Waals surface area contributed by atoms with Crippen LogP contribution in [-0.2, 0) is 14.8 Å². The molecule has 1 unspecified atom stereocenters. The van der Waals surface area contributed by atoms with Gasteiger partial charge < -0.3 is 10.5 Å². The Morgan fingerprint density at radius 2 is 2.10 bits per heavy atom. The molecule has 20 heavy (non-hydrogen) atoms. The van der Waals surface area contributed by atoms with Crippen LogP contribution in [0.25, 0.3) is 0 Å². The third-order valence-electron chi connectivity index (χ3n) is 3.12. The Bertz CT molecular complexity index is 511. The third kappa shape index (κ3) is 5.32. The molecule has 1 atom stereocenters. The average molecular weight is 316 g/mol.